The molecule has 0 saturated heterocycles. The molecule has 7 heteroatoms. The zero-order valence-electron chi connectivity index (χ0n) is 11.5. The summed E-state index contributed by atoms with van der Waals surface area (Å²) in [4.78, 5) is 11.9. The van der Waals surface area contributed by atoms with Crippen LogP contribution in [0.2, 0.25) is 0 Å². The highest BCUT2D eigenvalue weighted by atomic mass is 16.5. The van der Waals surface area contributed by atoms with Crippen molar-refractivity contribution in [2.75, 3.05) is 11.9 Å². The van der Waals surface area contributed by atoms with Crippen molar-refractivity contribution in [1.82, 2.24) is 20.2 Å². The number of anilines is 1. The fourth-order valence-corrected chi connectivity index (χ4v) is 1.54. The number of carbonyl (C=O) groups excluding carboxylic acids is 1. The fraction of sp³-hybridized carbons (Fsp3) is 0.385. The van der Waals surface area contributed by atoms with Crippen molar-refractivity contribution in [3.8, 4) is 5.75 Å². The molecular weight excluding hydrogens is 258 g/mol. The molecule has 1 heterocycles. The SMILES string of the molecule is CC(C)COc1ccccc1NC(=O)Cn1cnnn1. The number of tetrazole rings is 1. The Morgan fingerprint density at radius 3 is 2.90 bits per heavy atom. The van der Waals surface area contributed by atoms with Crippen LogP contribution in [0.5, 0.6) is 5.75 Å². The quantitative estimate of drug-likeness (QED) is 0.860. The maximum absolute atomic E-state index is 11.9. The van der Waals surface area contributed by atoms with Crippen LogP contribution >= 0.6 is 0 Å². The minimum atomic E-state index is -0.210. The van der Waals surface area contributed by atoms with Gasteiger partial charge < -0.3 is 10.1 Å². The molecule has 1 amide bonds. The van der Waals surface area contributed by atoms with Crippen molar-refractivity contribution in [1.29, 1.82) is 0 Å². The van der Waals surface area contributed by atoms with Gasteiger partial charge in [0.1, 0.15) is 18.6 Å². The van der Waals surface area contributed by atoms with Gasteiger partial charge in [0.15, 0.2) is 0 Å². The van der Waals surface area contributed by atoms with E-state index >= 15 is 0 Å². The molecule has 2 aromatic rings. The summed E-state index contributed by atoms with van der Waals surface area (Å²) in [6.45, 7) is 4.79. The highest BCUT2D eigenvalue weighted by molar-refractivity contribution is 5.92. The van der Waals surface area contributed by atoms with Crippen LogP contribution in [0.25, 0.3) is 0 Å². The Morgan fingerprint density at radius 2 is 2.20 bits per heavy atom. The number of carbonyl (C=O) groups is 1. The van der Waals surface area contributed by atoms with Crippen LogP contribution in [0, 0.1) is 5.92 Å². The van der Waals surface area contributed by atoms with Crippen LogP contribution in [0.15, 0.2) is 30.6 Å². The van der Waals surface area contributed by atoms with Gasteiger partial charge in [0, 0.05) is 0 Å². The van der Waals surface area contributed by atoms with Gasteiger partial charge in [-0.15, -0.1) is 5.10 Å². The summed E-state index contributed by atoms with van der Waals surface area (Å²) < 4.78 is 7.03. The molecule has 1 aromatic carbocycles. The van der Waals surface area contributed by atoms with Gasteiger partial charge in [-0.25, -0.2) is 4.68 Å². The molecule has 0 radical (unpaired) electrons. The first-order valence-electron chi connectivity index (χ1n) is 6.37. The van der Waals surface area contributed by atoms with Crippen molar-refractivity contribution in [3.05, 3.63) is 30.6 Å². The first-order valence-corrected chi connectivity index (χ1v) is 6.37. The Bertz CT molecular complexity index is 554. The maximum atomic E-state index is 11.9. The molecule has 0 aliphatic heterocycles. The number of nitrogens with one attached hydrogen (secondary N) is 1. The van der Waals surface area contributed by atoms with Gasteiger partial charge in [0.05, 0.1) is 12.3 Å². The molecule has 1 N–H and O–H groups in total. The standard InChI is InChI=1S/C13H17N5O2/c1-10(2)8-20-12-6-4-3-5-11(12)15-13(19)7-18-9-14-16-17-18/h3-6,9-10H,7-8H2,1-2H3,(H,15,19). The summed E-state index contributed by atoms with van der Waals surface area (Å²) in [5.74, 6) is 0.865. The van der Waals surface area contributed by atoms with Crippen LogP contribution in [0.3, 0.4) is 0 Å². The molecule has 7 nitrogen and oxygen atoms in total. The summed E-state index contributed by atoms with van der Waals surface area (Å²) in [7, 11) is 0. The molecule has 1 aromatic heterocycles. The van der Waals surface area contributed by atoms with Crippen LogP contribution < -0.4 is 10.1 Å². The second kappa shape index (κ2) is 6.65. The zero-order chi connectivity index (χ0) is 14.4. The van der Waals surface area contributed by atoms with E-state index in [2.05, 4.69) is 34.7 Å². The molecule has 20 heavy (non-hydrogen) atoms. The Hall–Kier alpha value is -2.44. The number of nitrogens with zero attached hydrogens (tertiary/aromatic N) is 4. The number of hydrogen-bond acceptors (Lipinski definition) is 5. The first-order chi connectivity index (χ1) is 9.65. The lowest BCUT2D eigenvalue weighted by molar-refractivity contribution is -0.116. The van der Waals surface area contributed by atoms with Crippen molar-refractivity contribution in [3.63, 3.8) is 0 Å². The highest BCUT2D eigenvalue weighted by Gasteiger charge is 2.09. The van der Waals surface area contributed by atoms with E-state index in [0.717, 1.165) is 0 Å². The van der Waals surface area contributed by atoms with E-state index in [9.17, 15) is 4.79 Å². The van der Waals surface area contributed by atoms with E-state index < -0.39 is 0 Å². The number of para-hydroxylation sites is 2. The average molecular weight is 275 g/mol. The van der Waals surface area contributed by atoms with E-state index in [1.54, 1.807) is 6.07 Å². The largest absolute Gasteiger partial charge is 0.491 e. The Morgan fingerprint density at radius 1 is 1.40 bits per heavy atom. The predicted molar refractivity (Wildman–Crippen MR) is 73.2 cm³/mol. The van der Waals surface area contributed by atoms with Gasteiger partial charge in [-0.1, -0.05) is 26.0 Å². The minimum Gasteiger partial charge on any atom is -0.491 e. The van der Waals surface area contributed by atoms with Crippen LogP contribution in [0.1, 0.15) is 13.8 Å². The van der Waals surface area contributed by atoms with Gasteiger partial charge in [-0.2, -0.15) is 0 Å². The molecule has 2 rings (SSSR count). The second-order valence-electron chi connectivity index (χ2n) is 4.76. The molecule has 0 aliphatic rings. The number of ether oxygens (including phenoxy) is 1. The first kappa shape index (κ1) is 14.0. The highest BCUT2D eigenvalue weighted by Crippen LogP contribution is 2.24. The summed E-state index contributed by atoms with van der Waals surface area (Å²) >= 11 is 0. The van der Waals surface area contributed by atoms with E-state index in [4.69, 9.17) is 4.74 Å². The lowest BCUT2D eigenvalue weighted by Gasteiger charge is -2.13. The van der Waals surface area contributed by atoms with Crippen LogP contribution in [-0.2, 0) is 11.3 Å². The molecule has 0 fully saturated rings. The monoisotopic (exact) mass is 275 g/mol. The number of rotatable bonds is 6. The third-order valence-corrected chi connectivity index (χ3v) is 2.43. The Labute approximate surface area is 116 Å². The van der Waals surface area contributed by atoms with Crippen LogP contribution in [-0.4, -0.2) is 32.7 Å². The zero-order valence-corrected chi connectivity index (χ0v) is 11.5. The third kappa shape index (κ3) is 4.04. The lowest BCUT2D eigenvalue weighted by Crippen LogP contribution is -2.19. The summed E-state index contributed by atoms with van der Waals surface area (Å²) in [6, 6.07) is 7.34. The molecule has 0 spiro atoms. The minimum absolute atomic E-state index is 0.0610. The second-order valence-corrected chi connectivity index (χ2v) is 4.76. The van der Waals surface area contributed by atoms with Gasteiger partial charge >= 0.3 is 0 Å². The third-order valence-electron chi connectivity index (χ3n) is 2.43. The predicted octanol–water partition coefficient (Wildman–Crippen LogP) is 1.35. The van der Waals surface area contributed by atoms with Gasteiger partial charge in [-0.3, -0.25) is 4.79 Å². The number of amides is 1. The van der Waals surface area contributed by atoms with E-state index in [0.29, 0.717) is 24.0 Å². The fourth-order valence-electron chi connectivity index (χ4n) is 1.54. The van der Waals surface area contributed by atoms with Gasteiger partial charge in [-0.05, 0) is 28.5 Å². The molecule has 0 atom stereocenters. The Balaban J connectivity index is 1.99. The molecule has 0 unspecified atom stereocenters. The number of hydrogen-bond donors (Lipinski definition) is 1. The van der Waals surface area contributed by atoms with Crippen molar-refractivity contribution in [2.45, 2.75) is 20.4 Å². The van der Waals surface area contributed by atoms with Crippen molar-refractivity contribution < 1.29 is 9.53 Å². The van der Waals surface area contributed by atoms with Crippen molar-refractivity contribution in [2.24, 2.45) is 5.92 Å². The molecule has 0 aliphatic carbocycles. The smallest absolute Gasteiger partial charge is 0.246 e. The van der Waals surface area contributed by atoms with Gasteiger partial charge in [0.25, 0.3) is 0 Å². The number of benzene rings is 1. The molecule has 0 saturated carbocycles. The van der Waals surface area contributed by atoms with Crippen LogP contribution in [0.4, 0.5) is 5.69 Å². The lowest BCUT2D eigenvalue weighted by atomic mass is 10.2. The average Bonchev–Trinajstić information content (AvgIpc) is 2.90. The van der Waals surface area contributed by atoms with Crippen molar-refractivity contribution >= 4 is 11.6 Å². The maximum Gasteiger partial charge on any atom is 0.246 e. The normalized spacial score (nSPS) is 10.6. The summed E-state index contributed by atoms with van der Waals surface area (Å²) in [6.07, 6.45) is 1.39. The Kier molecular flexibility index (Phi) is 4.65. The topological polar surface area (TPSA) is 81.9 Å². The molecule has 0 bridgehead atoms. The summed E-state index contributed by atoms with van der Waals surface area (Å²) in [5, 5.41) is 13.4. The van der Waals surface area contributed by atoms with Gasteiger partial charge in [0.2, 0.25) is 5.91 Å². The summed E-state index contributed by atoms with van der Waals surface area (Å²) in [5.41, 5.74) is 0.645. The van der Waals surface area contributed by atoms with E-state index in [-0.39, 0.29) is 12.5 Å². The number of aromatic nitrogens is 4. The molecule has 106 valence electrons. The van der Waals surface area contributed by atoms with E-state index in [1.807, 2.05) is 18.2 Å². The van der Waals surface area contributed by atoms with E-state index in [1.165, 1.54) is 11.0 Å². The molecular formula is C13H17N5O2.